The van der Waals surface area contributed by atoms with Crippen LogP contribution >= 0.6 is 11.3 Å². The summed E-state index contributed by atoms with van der Waals surface area (Å²) in [7, 11) is 1.70. The fourth-order valence-electron chi connectivity index (χ4n) is 1.52. The minimum Gasteiger partial charge on any atom is -0.312 e. The van der Waals surface area contributed by atoms with Gasteiger partial charge in [-0.1, -0.05) is 0 Å². The predicted molar refractivity (Wildman–Crippen MR) is 55.8 cm³/mol. The summed E-state index contributed by atoms with van der Waals surface area (Å²) in [5.74, 6) is 0.263. The minimum atomic E-state index is -0.221. The smallest absolute Gasteiger partial charge is 0.312 e. The maximum atomic E-state index is 11.3. The number of carbonyl (C=O) groups excluding carboxylic acids is 1. The third-order valence-corrected chi connectivity index (χ3v) is 3.31. The molecule has 2 N–H and O–H groups in total. The molecule has 1 aromatic heterocycles. The standard InChI is InChI=1S/C9H11N3OS/c1-5-3-4-6(14-5)7-8(10)11-9(13)12(7)2/h3-4,7H,1-2H3,(H2,10,11,13). The largest absolute Gasteiger partial charge is 0.323 e. The Kier molecular flexibility index (Phi) is 2.03. The average Bonchev–Trinajstić information content (AvgIpc) is 2.60. The minimum absolute atomic E-state index is 0.203. The number of likely N-dealkylation sites (N-methyl/N-ethyl adjacent to an activating group) is 1. The van der Waals surface area contributed by atoms with Gasteiger partial charge in [-0.25, -0.2) is 4.79 Å². The molecule has 1 aromatic rings. The molecule has 1 unspecified atom stereocenters. The first-order valence-corrected chi connectivity index (χ1v) is 5.10. The Morgan fingerprint density at radius 2 is 2.29 bits per heavy atom. The predicted octanol–water partition coefficient (Wildman–Crippen LogP) is 1.73. The fourth-order valence-corrected chi connectivity index (χ4v) is 2.55. The van der Waals surface area contributed by atoms with Crippen LogP contribution in [0.25, 0.3) is 0 Å². The lowest BCUT2D eigenvalue weighted by atomic mass is 10.2. The number of aryl methyl sites for hydroxylation is 1. The van der Waals surface area contributed by atoms with Crippen molar-refractivity contribution < 1.29 is 4.79 Å². The number of rotatable bonds is 1. The fraction of sp³-hybridized carbons (Fsp3) is 0.333. The van der Waals surface area contributed by atoms with Crippen LogP contribution in [0.3, 0.4) is 0 Å². The van der Waals surface area contributed by atoms with Crippen LogP contribution < -0.4 is 5.32 Å². The summed E-state index contributed by atoms with van der Waals surface area (Å²) in [6, 6.07) is 3.55. The third-order valence-electron chi connectivity index (χ3n) is 2.25. The second-order valence-electron chi connectivity index (χ2n) is 3.31. The van der Waals surface area contributed by atoms with Gasteiger partial charge in [-0.3, -0.25) is 10.7 Å². The van der Waals surface area contributed by atoms with E-state index in [4.69, 9.17) is 5.41 Å². The van der Waals surface area contributed by atoms with Gasteiger partial charge >= 0.3 is 6.03 Å². The van der Waals surface area contributed by atoms with Crippen LogP contribution in [0.2, 0.25) is 0 Å². The summed E-state index contributed by atoms with van der Waals surface area (Å²) in [6.45, 7) is 2.02. The zero-order chi connectivity index (χ0) is 10.3. The van der Waals surface area contributed by atoms with Crippen LogP contribution in [0.4, 0.5) is 4.79 Å². The van der Waals surface area contributed by atoms with Crippen molar-refractivity contribution in [1.29, 1.82) is 5.41 Å². The van der Waals surface area contributed by atoms with Crippen LogP contribution in [0.5, 0.6) is 0 Å². The van der Waals surface area contributed by atoms with E-state index in [-0.39, 0.29) is 17.9 Å². The van der Waals surface area contributed by atoms with Gasteiger partial charge < -0.3 is 4.90 Å². The Morgan fingerprint density at radius 3 is 2.71 bits per heavy atom. The first kappa shape index (κ1) is 9.21. The number of urea groups is 1. The molecule has 1 aliphatic rings. The molecule has 1 fully saturated rings. The van der Waals surface area contributed by atoms with E-state index in [1.165, 1.54) is 4.88 Å². The van der Waals surface area contributed by atoms with Gasteiger partial charge in [0.1, 0.15) is 11.9 Å². The number of hydrogen-bond donors (Lipinski definition) is 2. The van der Waals surface area contributed by atoms with Crippen molar-refractivity contribution >= 4 is 23.2 Å². The van der Waals surface area contributed by atoms with Crippen molar-refractivity contribution in [2.45, 2.75) is 13.0 Å². The van der Waals surface area contributed by atoms with E-state index < -0.39 is 0 Å². The zero-order valence-corrected chi connectivity index (χ0v) is 8.81. The molecule has 1 atom stereocenters. The number of amidine groups is 1. The van der Waals surface area contributed by atoms with Crippen LogP contribution in [0.15, 0.2) is 12.1 Å². The molecule has 74 valence electrons. The van der Waals surface area contributed by atoms with Gasteiger partial charge in [0.25, 0.3) is 0 Å². The molecule has 2 rings (SSSR count). The van der Waals surface area contributed by atoms with Gasteiger partial charge in [-0.2, -0.15) is 0 Å². The number of hydrogen-bond acceptors (Lipinski definition) is 3. The second-order valence-corrected chi connectivity index (χ2v) is 4.63. The first-order valence-electron chi connectivity index (χ1n) is 4.28. The van der Waals surface area contributed by atoms with Gasteiger partial charge in [-0.15, -0.1) is 11.3 Å². The Morgan fingerprint density at radius 1 is 1.57 bits per heavy atom. The molecule has 4 nitrogen and oxygen atoms in total. The molecule has 5 heteroatoms. The molecule has 1 saturated heterocycles. The summed E-state index contributed by atoms with van der Waals surface area (Å²) in [5.41, 5.74) is 0. The summed E-state index contributed by atoms with van der Waals surface area (Å²) >= 11 is 1.62. The summed E-state index contributed by atoms with van der Waals surface area (Å²) in [4.78, 5) is 15.0. The second kappa shape index (κ2) is 3.09. The number of nitrogens with one attached hydrogen (secondary N) is 2. The molecular weight excluding hydrogens is 198 g/mol. The van der Waals surface area contributed by atoms with Crippen LogP contribution in [-0.4, -0.2) is 23.8 Å². The molecule has 1 aliphatic heterocycles. The monoisotopic (exact) mass is 209 g/mol. The van der Waals surface area contributed by atoms with Crippen molar-refractivity contribution in [3.05, 3.63) is 21.9 Å². The zero-order valence-electron chi connectivity index (χ0n) is 8.00. The van der Waals surface area contributed by atoms with Gasteiger partial charge in [-0.05, 0) is 19.1 Å². The Balaban J connectivity index is 2.35. The Hall–Kier alpha value is -1.36. The maximum absolute atomic E-state index is 11.3. The van der Waals surface area contributed by atoms with Crippen molar-refractivity contribution in [3.8, 4) is 0 Å². The molecule has 0 spiro atoms. The molecule has 14 heavy (non-hydrogen) atoms. The van der Waals surface area contributed by atoms with E-state index in [0.29, 0.717) is 0 Å². The van der Waals surface area contributed by atoms with Crippen LogP contribution in [0, 0.1) is 12.3 Å². The third kappa shape index (κ3) is 1.29. The first-order chi connectivity index (χ1) is 6.59. The van der Waals surface area contributed by atoms with Gasteiger partial charge in [0.05, 0.1) is 0 Å². The normalized spacial score (nSPS) is 21.6. The van der Waals surface area contributed by atoms with E-state index in [2.05, 4.69) is 5.32 Å². The molecule has 0 aromatic carbocycles. The number of thiophene rings is 1. The highest BCUT2D eigenvalue weighted by Crippen LogP contribution is 2.29. The van der Waals surface area contributed by atoms with Crippen LogP contribution in [-0.2, 0) is 0 Å². The molecule has 0 radical (unpaired) electrons. The SMILES string of the molecule is Cc1ccc(C2C(=N)NC(=O)N2C)s1. The Bertz CT molecular complexity index is 399. The lowest BCUT2D eigenvalue weighted by Crippen LogP contribution is -2.24. The molecule has 0 aliphatic carbocycles. The van der Waals surface area contributed by atoms with Gasteiger partial charge in [0, 0.05) is 16.8 Å². The van der Waals surface area contributed by atoms with Crippen LogP contribution in [0.1, 0.15) is 15.8 Å². The van der Waals surface area contributed by atoms with Crippen molar-refractivity contribution in [3.63, 3.8) is 0 Å². The highest BCUT2D eigenvalue weighted by molar-refractivity contribution is 7.12. The lowest BCUT2D eigenvalue weighted by molar-refractivity contribution is 0.218. The average molecular weight is 209 g/mol. The number of amides is 2. The highest BCUT2D eigenvalue weighted by atomic mass is 32.1. The topological polar surface area (TPSA) is 56.2 Å². The summed E-state index contributed by atoms with van der Waals surface area (Å²) < 4.78 is 0. The van der Waals surface area contributed by atoms with E-state index in [1.807, 2.05) is 19.1 Å². The number of nitrogens with zero attached hydrogens (tertiary/aromatic N) is 1. The summed E-state index contributed by atoms with van der Waals surface area (Å²) in [5, 5.41) is 10.1. The molecule has 2 amide bonds. The highest BCUT2D eigenvalue weighted by Gasteiger charge is 2.34. The quantitative estimate of drug-likeness (QED) is 0.727. The Labute approximate surface area is 86.0 Å². The van der Waals surface area contributed by atoms with Gasteiger partial charge in [0.15, 0.2) is 0 Å². The van der Waals surface area contributed by atoms with E-state index in [0.717, 1.165) is 4.88 Å². The molecule has 0 bridgehead atoms. The van der Waals surface area contributed by atoms with Crippen molar-refractivity contribution in [2.24, 2.45) is 0 Å². The lowest BCUT2D eigenvalue weighted by Gasteiger charge is -2.15. The summed E-state index contributed by atoms with van der Waals surface area (Å²) in [6.07, 6.45) is 0. The van der Waals surface area contributed by atoms with E-state index >= 15 is 0 Å². The maximum Gasteiger partial charge on any atom is 0.323 e. The molecule has 0 saturated carbocycles. The van der Waals surface area contributed by atoms with Crippen molar-refractivity contribution in [2.75, 3.05) is 7.05 Å². The van der Waals surface area contributed by atoms with E-state index in [9.17, 15) is 4.79 Å². The van der Waals surface area contributed by atoms with Gasteiger partial charge in [0.2, 0.25) is 0 Å². The van der Waals surface area contributed by atoms with E-state index in [1.54, 1.807) is 23.3 Å². The molecular formula is C9H11N3OS. The van der Waals surface area contributed by atoms with Crippen molar-refractivity contribution in [1.82, 2.24) is 10.2 Å². The number of carbonyl (C=O) groups is 1. The molecule has 2 heterocycles.